The minimum atomic E-state index is -3.00. The van der Waals surface area contributed by atoms with Crippen LogP contribution in [0.1, 0.15) is 5.56 Å². The Bertz CT molecular complexity index is 1600. The highest BCUT2D eigenvalue weighted by Crippen LogP contribution is 2.29. The Morgan fingerprint density at radius 3 is 2.51 bits per heavy atom. The van der Waals surface area contributed by atoms with Crippen LogP contribution in [-0.4, -0.2) is 41.9 Å². The summed E-state index contributed by atoms with van der Waals surface area (Å²) in [5.41, 5.74) is 3.07. The molecule has 5 rings (SSSR count). The van der Waals surface area contributed by atoms with Crippen LogP contribution in [0.5, 0.6) is 11.5 Å². The molecule has 0 unspecified atom stereocenters. The predicted octanol–water partition coefficient (Wildman–Crippen LogP) is 4.95. The van der Waals surface area contributed by atoms with Crippen molar-refractivity contribution in [3.63, 3.8) is 0 Å². The highest BCUT2D eigenvalue weighted by atomic mass is 32.2. The van der Waals surface area contributed by atoms with E-state index in [-0.39, 0.29) is 5.75 Å². The molecule has 2 N–H and O–H groups in total. The number of hydrogen-bond acceptors (Lipinski definition) is 9. The van der Waals surface area contributed by atoms with Crippen molar-refractivity contribution in [2.75, 3.05) is 23.9 Å². The number of benzene rings is 2. The normalized spacial score (nSPS) is 11.5. The van der Waals surface area contributed by atoms with Gasteiger partial charge in [-0.25, -0.2) is 18.4 Å². The highest BCUT2D eigenvalue weighted by molar-refractivity contribution is 7.90. The van der Waals surface area contributed by atoms with E-state index in [0.29, 0.717) is 35.9 Å². The van der Waals surface area contributed by atoms with Crippen LogP contribution >= 0.6 is 0 Å². The average Bonchev–Trinajstić information content (AvgIpc) is 3.37. The van der Waals surface area contributed by atoms with E-state index >= 15 is 0 Å². The number of hydrogen-bond donors (Lipinski definition) is 2. The fourth-order valence-electron chi connectivity index (χ4n) is 3.65. The van der Waals surface area contributed by atoms with Crippen LogP contribution in [0.15, 0.2) is 89.9 Å². The van der Waals surface area contributed by atoms with Gasteiger partial charge in [-0.15, -0.1) is 0 Å². The molecule has 9 nitrogen and oxygen atoms in total. The lowest BCUT2D eigenvalue weighted by molar-refractivity contribution is 0.483. The summed E-state index contributed by atoms with van der Waals surface area (Å²) in [7, 11) is -3.00. The maximum Gasteiger partial charge on any atom is 0.152 e. The number of para-hydroxylation sites is 1. The van der Waals surface area contributed by atoms with Gasteiger partial charge in [0.1, 0.15) is 39.2 Å². The third-order valence-corrected chi connectivity index (χ3v) is 6.45. The quantitative estimate of drug-likeness (QED) is 0.249. The summed E-state index contributed by atoms with van der Waals surface area (Å²) in [6.45, 7) is 0.867. The van der Waals surface area contributed by atoms with E-state index in [1.165, 1.54) is 12.6 Å². The number of rotatable bonds is 10. The topological polar surface area (TPSA) is 119 Å². The number of fused-ring (bicyclic) bond motifs is 1. The molecular formula is C27H25N5O4S. The van der Waals surface area contributed by atoms with Gasteiger partial charge in [0, 0.05) is 36.0 Å². The van der Waals surface area contributed by atoms with Crippen LogP contribution in [0, 0.1) is 0 Å². The van der Waals surface area contributed by atoms with Crippen LogP contribution < -0.4 is 15.4 Å². The molecule has 37 heavy (non-hydrogen) atoms. The molecule has 3 heterocycles. The standard InChI is InChI=1S/C27H25N5O4S/c1-37(33,34)12-11-28-15-19-13-26(35-17-19)24-14-23-25(16-29-24)30-18-31-27(23)32-20-7-9-22(10-8-20)36-21-5-3-2-4-6-21/h2-10,13-14,16-18,28H,11-12,15H2,1H3,(H,30,31,32). The predicted molar refractivity (Wildman–Crippen MR) is 143 cm³/mol. The Morgan fingerprint density at radius 2 is 1.73 bits per heavy atom. The summed E-state index contributed by atoms with van der Waals surface area (Å²) in [5.74, 6) is 2.83. The summed E-state index contributed by atoms with van der Waals surface area (Å²) in [6.07, 6.45) is 6.03. The van der Waals surface area contributed by atoms with Gasteiger partial charge in [-0.3, -0.25) is 4.98 Å². The maximum absolute atomic E-state index is 11.3. The zero-order valence-electron chi connectivity index (χ0n) is 20.1. The molecule has 0 radical (unpaired) electrons. The molecule has 3 aromatic heterocycles. The molecule has 0 amide bonds. The highest BCUT2D eigenvalue weighted by Gasteiger charge is 2.11. The number of nitrogens with one attached hydrogen (secondary N) is 2. The minimum Gasteiger partial charge on any atom is -0.462 e. The first kappa shape index (κ1) is 24.4. The largest absolute Gasteiger partial charge is 0.462 e. The van der Waals surface area contributed by atoms with Gasteiger partial charge in [-0.1, -0.05) is 18.2 Å². The lowest BCUT2D eigenvalue weighted by Crippen LogP contribution is -2.21. The van der Waals surface area contributed by atoms with Gasteiger partial charge in [-0.05, 0) is 48.5 Å². The third-order valence-electron chi connectivity index (χ3n) is 5.50. The third kappa shape index (κ3) is 6.49. The Kier molecular flexibility index (Phi) is 7.11. The molecule has 0 bridgehead atoms. The average molecular weight is 516 g/mol. The molecule has 0 spiro atoms. The number of furan rings is 1. The van der Waals surface area contributed by atoms with Crippen LogP contribution in [0.25, 0.3) is 22.4 Å². The number of sulfone groups is 1. The van der Waals surface area contributed by atoms with Crippen LogP contribution in [-0.2, 0) is 16.4 Å². The fraction of sp³-hybridized carbons (Fsp3) is 0.148. The Labute approximate surface area is 214 Å². The lowest BCUT2D eigenvalue weighted by Gasteiger charge is -2.10. The minimum absolute atomic E-state index is 0.0858. The number of aromatic nitrogens is 3. The second-order valence-corrected chi connectivity index (χ2v) is 10.8. The first-order valence-electron chi connectivity index (χ1n) is 11.6. The lowest BCUT2D eigenvalue weighted by atomic mass is 10.2. The molecule has 0 fully saturated rings. The molecule has 0 aliphatic heterocycles. The molecule has 2 aromatic carbocycles. The molecule has 10 heteroatoms. The van der Waals surface area contributed by atoms with Crippen molar-refractivity contribution < 1.29 is 17.6 Å². The summed E-state index contributed by atoms with van der Waals surface area (Å²) in [4.78, 5) is 13.3. The van der Waals surface area contributed by atoms with Crippen LogP contribution in [0.2, 0.25) is 0 Å². The van der Waals surface area contributed by atoms with Crippen molar-refractivity contribution in [3.8, 4) is 23.0 Å². The van der Waals surface area contributed by atoms with Crippen LogP contribution in [0.4, 0.5) is 11.5 Å². The monoisotopic (exact) mass is 515 g/mol. The van der Waals surface area contributed by atoms with Crippen molar-refractivity contribution in [2.45, 2.75) is 6.54 Å². The molecule has 5 aromatic rings. The second-order valence-electron chi connectivity index (χ2n) is 8.50. The van der Waals surface area contributed by atoms with Gasteiger partial charge in [0.25, 0.3) is 0 Å². The summed E-state index contributed by atoms with van der Waals surface area (Å²) in [6, 6.07) is 21.0. The first-order valence-corrected chi connectivity index (χ1v) is 13.7. The Morgan fingerprint density at radius 1 is 0.946 bits per heavy atom. The van der Waals surface area contributed by atoms with Gasteiger partial charge in [0.2, 0.25) is 0 Å². The number of nitrogens with zero attached hydrogens (tertiary/aromatic N) is 3. The van der Waals surface area contributed by atoms with Crippen molar-refractivity contribution in [2.24, 2.45) is 0 Å². The van der Waals surface area contributed by atoms with E-state index in [4.69, 9.17) is 9.15 Å². The van der Waals surface area contributed by atoms with Gasteiger partial charge in [0.05, 0.1) is 23.7 Å². The van der Waals surface area contributed by atoms with Gasteiger partial charge in [-0.2, -0.15) is 0 Å². The van der Waals surface area contributed by atoms with Crippen molar-refractivity contribution in [3.05, 3.63) is 91.1 Å². The number of pyridine rings is 1. The van der Waals surface area contributed by atoms with E-state index in [2.05, 4.69) is 25.6 Å². The summed E-state index contributed by atoms with van der Waals surface area (Å²) >= 11 is 0. The smallest absolute Gasteiger partial charge is 0.152 e. The van der Waals surface area contributed by atoms with Crippen molar-refractivity contribution in [1.29, 1.82) is 0 Å². The first-order chi connectivity index (χ1) is 17.9. The van der Waals surface area contributed by atoms with Crippen molar-refractivity contribution >= 4 is 32.2 Å². The van der Waals surface area contributed by atoms with Crippen molar-refractivity contribution in [1.82, 2.24) is 20.3 Å². The van der Waals surface area contributed by atoms with Gasteiger partial charge >= 0.3 is 0 Å². The van der Waals surface area contributed by atoms with E-state index in [0.717, 1.165) is 28.1 Å². The molecule has 0 saturated carbocycles. The number of ether oxygens (including phenoxy) is 1. The summed E-state index contributed by atoms with van der Waals surface area (Å²) < 4.78 is 34.1. The molecule has 188 valence electrons. The van der Waals surface area contributed by atoms with E-state index in [1.54, 1.807) is 12.5 Å². The van der Waals surface area contributed by atoms with Gasteiger partial charge < -0.3 is 19.8 Å². The number of anilines is 2. The van der Waals surface area contributed by atoms with E-state index in [9.17, 15) is 8.42 Å². The fourth-order valence-corrected chi connectivity index (χ4v) is 4.17. The van der Waals surface area contributed by atoms with Crippen LogP contribution in [0.3, 0.4) is 0 Å². The Balaban J connectivity index is 1.30. The zero-order valence-corrected chi connectivity index (χ0v) is 20.9. The molecule has 0 aliphatic rings. The Hall–Kier alpha value is -4.28. The molecule has 0 atom stereocenters. The van der Waals surface area contributed by atoms with E-state index < -0.39 is 9.84 Å². The summed E-state index contributed by atoms with van der Waals surface area (Å²) in [5, 5.41) is 7.25. The second kappa shape index (κ2) is 10.8. The zero-order chi connectivity index (χ0) is 25.7. The van der Waals surface area contributed by atoms with Gasteiger partial charge in [0.15, 0.2) is 5.76 Å². The van der Waals surface area contributed by atoms with E-state index in [1.807, 2.05) is 66.7 Å². The SMILES string of the molecule is CS(=O)(=O)CCNCc1coc(-c2cc3c(Nc4ccc(Oc5ccccc5)cc4)ncnc3cn2)c1. The molecule has 0 aliphatic carbocycles. The molecular weight excluding hydrogens is 490 g/mol. The maximum atomic E-state index is 11.3. The molecule has 0 saturated heterocycles.